The molecule has 4 aromatic heterocycles. The Hall–Kier alpha value is -14.4. The van der Waals surface area contributed by atoms with E-state index in [1.165, 1.54) is 103 Å². The summed E-state index contributed by atoms with van der Waals surface area (Å²) in [4.78, 5) is 79.5. The quantitative estimate of drug-likeness (QED) is 0.0548. The Morgan fingerprint density at radius 3 is 0.973 bits per heavy atom. The van der Waals surface area contributed by atoms with E-state index >= 15 is 0 Å². The number of piperidine rings is 1. The third kappa shape index (κ3) is 29.1. The SMILES string of the molecule is CC(=O)/C(=C/c1ccnc(-c2cc(C(F)(F)F)cc(C(F)(F)F)c2)n1)c1ccc(Cl)c(F)c1.CC(=O)/C(=C/c1ccnc(-c2cc(C(F)(F)F)cc(C(F)(F)F)c2)n1)c1ccc(F)cc1F.CC(=O)/C(=C/c1ccnc(-c2cc(C(F)(F)F)cc(C(F)(F)F)c2)n1)c1ccc(S(=O)(=O)N2CC(F)(F)C2)cc1.CC1CCN(S(=O)(=O)c2cccc(/C(=C\c3ccnc(-c4cc(C(F)(F)F)cc(C(F)(F)F)c4)n3)C(N)=O)c2)CC1. The number of amides is 1. The van der Waals surface area contributed by atoms with Gasteiger partial charge in [0.1, 0.15) is 17.5 Å². The molecule has 2 aliphatic rings. The molecule has 14 rings (SSSR count). The monoisotopic (exact) mass is 2150 g/mol. The summed E-state index contributed by atoms with van der Waals surface area (Å²) in [5.74, 6) is -9.90. The molecule has 19 nitrogen and oxygen atoms in total. The van der Waals surface area contributed by atoms with Gasteiger partial charge in [-0.25, -0.2) is 78.7 Å². The van der Waals surface area contributed by atoms with Gasteiger partial charge < -0.3 is 5.73 Å². The average Bonchev–Trinajstić information content (AvgIpc) is 0.715. The molecule has 2 aliphatic heterocycles. The number of carbonyl (C=O) groups excluding carboxylic acids is 4. The molecule has 147 heavy (non-hydrogen) atoms. The molecule has 2 saturated heterocycles. The van der Waals surface area contributed by atoms with E-state index < -0.39 is 219 Å². The van der Waals surface area contributed by atoms with Crippen molar-refractivity contribution in [3.8, 4) is 45.6 Å². The number of ketones is 3. The normalized spacial score (nSPS) is 14.7. The number of primary amides is 1. The summed E-state index contributed by atoms with van der Waals surface area (Å²) < 4.78 is 438. The van der Waals surface area contributed by atoms with Gasteiger partial charge in [-0.2, -0.15) is 114 Å². The Morgan fingerprint density at radius 2 is 0.667 bits per heavy atom. The summed E-state index contributed by atoms with van der Waals surface area (Å²) in [6, 6.07) is 25.2. The van der Waals surface area contributed by atoms with Crippen LogP contribution in [0.25, 0.3) is 92.1 Å². The third-order valence-corrected chi connectivity index (χ3v) is 25.3. The number of halogens is 30. The zero-order valence-corrected chi connectivity index (χ0v) is 77.1. The predicted octanol–water partition coefficient (Wildman–Crippen LogP) is 25.3. The van der Waals surface area contributed by atoms with Crippen LogP contribution in [0.4, 0.5) is 127 Å². The first-order valence-corrected chi connectivity index (χ1v) is 44.9. The van der Waals surface area contributed by atoms with E-state index in [0.717, 1.165) is 74.2 Å². The van der Waals surface area contributed by atoms with Crippen molar-refractivity contribution in [3.63, 3.8) is 0 Å². The van der Waals surface area contributed by atoms with Crippen LogP contribution in [0, 0.1) is 23.4 Å². The van der Waals surface area contributed by atoms with Crippen molar-refractivity contribution >= 4 is 102 Å². The van der Waals surface area contributed by atoms with Crippen molar-refractivity contribution in [1.82, 2.24) is 48.5 Å². The van der Waals surface area contributed by atoms with Crippen LogP contribution in [0.15, 0.2) is 217 Å². The third-order valence-electron chi connectivity index (χ3n) is 21.3. The second kappa shape index (κ2) is 43.7. The number of aromatic nitrogens is 8. The first kappa shape index (κ1) is 113. The minimum Gasteiger partial charge on any atom is -0.366 e. The Bertz CT molecular complexity index is 7290. The topological polar surface area (TPSA) is 272 Å². The van der Waals surface area contributed by atoms with Crippen LogP contribution in [-0.2, 0) is 88.6 Å². The minimum absolute atomic E-state index is 0.00378. The van der Waals surface area contributed by atoms with Gasteiger partial charge >= 0.3 is 49.4 Å². The number of rotatable bonds is 20. The molecule has 2 N–H and O–H groups in total. The molecule has 12 aromatic rings. The minimum atomic E-state index is -5.08. The number of alkyl halides is 26. The molecule has 1 amide bonds. The lowest BCUT2D eigenvalue weighted by molar-refractivity contribution is -0.144. The van der Waals surface area contributed by atoms with Gasteiger partial charge in [0.25, 0.3) is 5.92 Å². The smallest absolute Gasteiger partial charge is 0.366 e. The summed E-state index contributed by atoms with van der Waals surface area (Å²) >= 11 is 5.64. The van der Waals surface area contributed by atoms with Gasteiger partial charge in [0, 0.05) is 94.1 Å². The molecule has 0 radical (unpaired) electrons. The molecule has 6 heterocycles. The molecule has 51 heteroatoms. The van der Waals surface area contributed by atoms with Gasteiger partial charge in [-0.1, -0.05) is 48.9 Å². The first-order chi connectivity index (χ1) is 67.9. The van der Waals surface area contributed by atoms with E-state index in [4.69, 9.17) is 17.3 Å². The summed E-state index contributed by atoms with van der Waals surface area (Å²) in [6.07, 6.45) is -30.1. The Morgan fingerprint density at radius 1 is 0.361 bits per heavy atom. The number of nitrogens with two attached hydrogens (primary N) is 1. The fourth-order valence-electron chi connectivity index (χ4n) is 13.9. The number of hydrogen-bond acceptors (Lipinski definition) is 16. The molecule has 8 aromatic carbocycles. The summed E-state index contributed by atoms with van der Waals surface area (Å²) in [5, 5.41) is -0.170. The Balaban J connectivity index is 0.000000187. The van der Waals surface area contributed by atoms with Gasteiger partial charge in [0.2, 0.25) is 26.0 Å². The lowest BCUT2D eigenvalue weighted by Crippen LogP contribution is -2.58. The molecule has 0 unspecified atom stereocenters. The standard InChI is InChI=1S/C27H24F6N4O3S.C25H17F8N3O3S.C22H12ClF7N2O.C22H12F8N2O/c1-16-6-9-37(10-7-16)41(39,40)22-4-2-3-17(13-22)23(24(34)38)15-21-5-8-35-25(36-21)18-11-19(26(28,29)30)14-20(12-18)27(31,32)33;1-14(37)21(15-2-4-20(5-3-15)40(38,39)36-12-23(26,27)13-36)11-19-6-7-34-22(35-19)16-8-17(24(28,29)30)10-18(9-16)25(31,32)33;1-11(33)17(12-2-3-18(23)19(24)8-12)10-16-4-5-31-20(32-16)13-6-14(21(25,26)27)9-15(7-13)22(28,29)30;1-11(33)18(17-3-2-15(23)9-19(17)24)10-16-4-5-31-20(32-16)12-6-13(21(25,26)27)8-14(7-12)22(28,29)30/h2-5,8,11-16H,6-7,9-10H2,1H3,(H2,34,38);2-11H,12-13H2,1H3;2*2-10H,1H3/b23-15+;21-11-;17-10-;18-10-. The molecular formula is C96H65ClF29N11O8S2. The maximum atomic E-state index is 14.1. The second-order valence-electron chi connectivity index (χ2n) is 32.2. The number of benzene rings is 8. The van der Waals surface area contributed by atoms with Crippen molar-refractivity contribution in [3.05, 3.63) is 319 Å². The van der Waals surface area contributed by atoms with E-state index in [-0.39, 0.29) is 106 Å². The lowest BCUT2D eigenvalue weighted by atomic mass is 10.0. The van der Waals surface area contributed by atoms with Crippen LogP contribution < -0.4 is 5.73 Å². The first-order valence-electron chi connectivity index (χ1n) is 41.6. The zero-order valence-electron chi connectivity index (χ0n) is 74.7. The van der Waals surface area contributed by atoms with Crippen molar-refractivity contribution in [1.29, 1.82) is 0 Å². The maximum Gasteiger partial charge on any atom is 0.416 e. The van der Waals surface area contributed by atoms with Crippen molar-refractivity contribution in [2.75, 3.05) is 26.2 Å². The highest BCUT2D eigenvalue weighted by Crippen LogP contribution is 2.46. The van der Waals surface area contributed by atoms with Crippen LogP contribution in [0.3, 0.4) is 0 Å². The number of sulfonamides is 2. The predicted molar refractivity (Wildman–Crippen MR) is 474 cm³/mol. The van der Waals surface area contributed by atoms with E-state index in [0.29, 0.717) is 90.8 Å². The van der Waals surface area contributed by atoms with Gasteiger partial charge in [-0.15, -0.1) is 0 Å². The summed E-state index contributed by atoms with van der Waals surface area (Å²) in [6.45, 7) is 4.29. The lowest BCUT2D eigenvalue weighted by Gasteiger charge is -2.37. The largest absolute Gasteiger partial charge is 0.416 e. The van der Waals surface area contributed by atoms with E-state index in [1.807, 2.05) is 6.92 Å². The molecule has 0 saturated carbocycles. The van der Waals surface area contributed by atoms with E-state index in [2.05, 4.69) is 39.9 Å². The fourth-order valence-corrected chi connectivity index (χ4v) is 17.0. The van der Waals surface area contributed by atoms with Crippen LogP contribution >= 0.6 is 11.6 Å². The van der Waals surface area contributed by atoms with Crippen molar-refractivity contribution in [2.24, 2.45) is 11.7 Å². The highest BCUT2D eigenvalue weighted by Gasteiger charge is 2.50. The number of Topliss-reactive ketones (excluding diaryl/α,β-unsaturated/α-hetero) is 3. The Labute approximate surface area is 817 Å². The second-order valence-corrected chi connectivity index (χ2v) is 36.5. The maximum absolute atomic E-state index is 14.1. The number of hydrogen-bond donors (Lipinski definition) is 1. The molecular weight excluding hydrogens is 2090 g/mol. The van der Waals surface area contributed by atoms with E-state index in [9.17, 15) is 163 Å². The number of carbonyl (C=O) groups is 4. The number of allylic oxidation sites excluding steroid dienone is 3. The summed E-state index contributed by atoms with van der Waals surface area (Å²) in [7, 11) is -8.06. The van der Waals surface area contributed by atoms with Gasteiger partial charge in [-0.05, 0) is 226 Å². The fraction of sp³-hybridized carbons (Fsp3) is 0.208. The molecule has 0 bridgehead atoms. The van der Waals surface area contributed by atoms with Crippen molar-refractivity contribution < 1.29 is 163 Å². The summed E-state index contributed by atoms with van der Waals surface area (Å²) in [5.41, 5.74) is -9.37. The van der Waals surface area contributed by atoms with Crippen LogP contribution in [0.1, 0.15) is 130 Å². The zero-order chi connectivity index (χ0) is 109. The van der Waals surface area contributed by atoms with Gasteiger partial charge in [0.15, 0.2) is 40.6 Å². The molecule has 2 fully saturated rings. The molecule has 0 spiro atoms. The molecule has 0 atom stereocenters. The highest BCUT2D eigenvalue weighted by atomic mass is 35.5. The average molecular weight is 2150 g/mol. The van der Waals surface area contributed by atoms with Gasteiger partial charge in [0.05, 0.1) is 95.2 Å². The van der Waals surface area contributed by atoms with E-state index in [1.54, 1.807) is 0 Å². The Kier molecular flexibility index (Phi) is 33.6. The number of nitrogens with zero attached hydrogens (tertiary/aromatic N) is 10. The highest BCUT2D eigenvalue weighted by molar-refractivity contribution is 7.89. The molecule has 0 aliphatic carbocycles. The van der Waals surface area contributed by atoms with Crippen molar-refractivity contribution in [2.45, 2.75) is 106 Å². The van der Waals surface area contributed by atoms with Gasteiger partial charge in [-0.3, -0.25) is 19.2 Å². The van der Waals surface area contributed by atoms with Crippen LogP contribution in [0.5, 0.6) is 0 Å². The van der Waals surface area contributed by atoms with Crippen LogP contribution in [-0.4, -0.2) is 121 Å². The molecule has 774 valence electrons. The van der Waals surface area contributed by atoms with Crippen LogP contribution in [0.2, 0.25) is 5.02 Å².